The van der Waals surface area contributed by atoms with E-state index >= 15 is 0 Å². The number of hydrogen-bond acceptors (Lipinski definition) is 3. The normalized spacial score (nSPS) is 13.4. The lowest BCUT2D eigenvalue weighted by Crippen LogP contribution is -2.40. The Hall–Kier alpha value is -2.82. The molecule has 0 atom stereocenters. The number of para-hydroxylation sites is 2. The van der Waals surface area contributed by atoms with E-state index in [1.807, 2.05) is 48.5 Å². The summed E-state index contributed by atoms with van der Waals surface area (Å²) in [5.74, 6) is 0.831. The van der Waals surface area contributed by atoms with Crippen molar-refractivity contribution in [3.8, 4) is 5.75 Å². The van der Waals surface area contributed by atoms with Gasteiger partial charge in [0.25, 0.3) is 5.91 Å². The zero-order valence-corrected chi connectivity index (χ0v) is 14.5. The monoisotopic (exact) mass is 338 g/mol. The van der Waals surface area contributed by atoms with Gasteiger partial charge in [0, 0.05) is 18.7 Å². The molecule has 3 rings (SSSR count). The molecule has 0 radical (unpaired) electrons. The smallest absolute Gasteiger partial charge is 0.265 e. The number of nitrogens with one attached hydrogen (secondary N) is 1. The highest BCUT2D eigenvalue weighted by Gasteiger charge is 2.25. The minimum absolute atomic E-state index is 0.00899. The molecule has 0 spiro atoms. The van der Waals surface area contributed by atoms with Crippen LogP contribution in [0.2, 0.25) is 0 Å². The molecule has 0 bridgehead atoms. The number of ether oxygens (including phenoxy) is 1. The fourth-order valence-corrected chi connectivity index (χ4v) is 2.81. The Kier molecular flexibility index (Phi) is 5.03. The Morgan fingerprint density at radius 3 is 2.80 bits per heavy atom. The van der Waals surface area contributed by atoms with Crippen molar-refractivity contribution in [2.75, 3.05) is 23.4 Å². The first kappa shape index (κ1) is 17.0. The van der Waals surface area contributed by atoms with Gasteiger partial charge in [0.2, 0.25) is 5.91 Å². The van der Waals surface area contributed by atoms with Gasteiger partial charge in [0.05, 0.1) is 5.69 Å². The number of benzene rings is 2. The molecular weight excluding hydrogens is 316 g/mol. The number of amides is 2. The molecule has 5 nitrogen and oxygen atoms in total. The number of fused-ring (bicyclic) bond motifs is 1. The molecule has 1 aliphatic rings. The van der Waals surface area contributed by atoms with Crippen LogP contribution in [-0.2, 0) is 9.59 Å². The summed E-state index contributed by atoms with van der Waals surface area (Å²) < 4.78 is 5.41. The van der Waals surface area contributed by atoms with Crippen LogP contribution in [0.25, 0.3) is 0 Å². The van der Waals surface area contributed by atoms with E-state index in [-0.39, 0.29) is 24.8 Å². The third-order valence-electron chi connectivity index (χ3n) is 4.21. The molecule has 1 heterocycles. The first-order valence-corrected chi connectivity index (χ1v) is 8.46. The van der Waals surface area contributed by atoms with Crippen molar-refractivity contribution in [2.45, 2.75) is 26.2 Å². The number of anilines is 2. The molecular formula is C20H22N2O3. The van der Waals surface area contributed by atoms with Gasteiger partial charge in [-0.1, -0.05) is 38.1 Å². The maximum atomic E-state index is 12.3. The van der Waals surface area contributed by atoms with Crippen molar-refractivity contribution >= 4 is 23.2 Å². The summed E-state index contributed by atoms with van der Waals surface area (Å²) in [6.07, 6.45) is 0.228. The summed E-state index contributed by atoms with van der Waals surface area (Å²) in [6, 6.07) is 15.2. The second kappa shape index (κ2) is 7.38. The average molecular weight is 338 g/mol. The van der Waals surface area contributed by atoms with Crippen LogP contribution in [0, 0.1) is 0 Å². The topological polar surface area (TPSA) is 58.6 Å². The molecule has 1 aliphatic heterocycles. The van der Waals surface area contributed by atoms with Crippen LogP contribution in [0.4, 0.5) is 11.4 Å². The lowest BCUT2D eigenvalue weighted by molar-refractivity contribution is -0.121. The van der Waals surface area contributed by atoms with Gasteiger partial charge in [-0.3, -0.25) is 9.59 Å². The van der Waals surface area contributed by atoms with Gasteiger partial charge in [-0.2, -0.15) is 0 Å². The zero-order chi connectivity index (χ0) is 17.8. The van der Waals surface area contributed by atoms with Gasteiger partial charge in [-0.25, -0.2) is 0 Å². The predicted octanol–water partition coefficient (Wildman–Crippen LogP) is 3.56. The molecule has 0 aliphatic carbocycles. The Balaban J connectivity index is 1.63. The third-order valence-corrected chi connectivity index (χ3v) is 4.21. The highest BCUT2D eigenvalue weighted by molar-refractivity contribution is 5.99. The molecule has 0 unspecified atom stereocenters. The number of carbonyl (C=O) groups excluding carboxylic acids is 2. The van der Waals surface area contributed by atoms with E-state index in [0.717, 1.165) is 5.69 Å². The van der Waals surface area contributed by atoms with Crippen molar-refractivity contribution in [3.63, 3.8) is 0 Å². The molecule has 130 valence electrons. The first-order valence-electron chi connectivity index (χ1n) is 8.46. The molecule has 0 fully saturated rings. The highest BCUT2D eigenvalue weighted by atomic mass is 16.5. The largest absolute Gasteiger partial charge is 0.482 e. The standard InChI is InChI=1S/C20H22N2O3/c1-14(2)15-6-5-7-16(12-15)21-19(23)10-11-22-17-8-3-4-9-18(17)25-13-20(22)24/h3-9,12,14H,10-11,13H2,1-2H3,(H,21,23). The van der Waals surface area contributed by atoms with Crippen LogP contribution >= 0.6 is 0 Å². The zero-order valence-electron chi connectivity index (χ0n) is 14.5. The molecule has 1 N–H and O–H groups in total. The van der Waals surface area contributed by atoms with Gasteiger partial charge in [-0.05, 0) is 35.7 Å². The molecule has 2 aromatic rings. The van der Waals surface area contributed by atoms with Gasteiger partial charge in [0.15, 0.2) is 6.61 Å². The van der Waals surface area contributed by atoms with Gasteiger partial charge in [0.1, 0.15) is 5.75 Å². The van der Waals surface area contributed by atoms with Crippen LogP contribution in [0.1, 0.15) is 31.7 Å². The molecule has 5 heteroatoms. The number of rotatable bonds is 5. The van der Waals surface area contributed by atoms with Crippen LogP contribution in [0.3, 0.4) is 0 Å². The van der Waals surface area contributed by atoms with Crippen molar-refractivity contribution in [3.05, 3.63) is 54.1 Å². The Morgan fingerprint density at radius 2 is 2.00 bits per heavy atom. The summed E-state index contributed by atoms with van der Waals surface area (Å²) in [7, 11) is 0. The molecule has 2 amide bonds. The van der Waals surface area contributed by atoms with Crippen LogP contribution < -0.4 is 15.0 Å². The minimum atomic E-state index is -0.131. The first-order chi connectivity index (χ1) is 12.0. The second-order valence-electron chi connectivity index (χ2n) is 6.38. The lowest BCUT2D eigenvalue weighted by Gasteiger charge is -2.29. The van der Waals surface area contributed by atoms with Crippen LogP contribution in [-0.4, -0.2) is 25.0 Å². The SMILES string of the molecule is CC(C)c1cccc(NC(=O)CCN2C(=O)COc3ccccc32)c1. The van der Waals surface area contributed by atoms with Crippen molar-refractivity contribution in [2.24, 2.45) is 0 Å². The van der Waals surface area contributed by atoms with E-state index in [1.165, 1.54) is 5.56 Å². The fourth-order valence-electron chi connectivity index (χ4n) is 2.81. The van der Waals surface area contributed by atoms with E-state index in [2.05, 4.69) is 19.2 Å². The fraction of sp³-hybridized carbons (Fsp3) is 0.300. The quantitative estimate of drug-likeness (QED) is 0.907. The summed E-state index contributed by atoms with van der Waals surface area (Å²) in [6.45, 7) is 4.56. The van der Waals surface area contributed by atoms with E-state index < -0.39 is 0 Å². The average Bonchev–Trinajstić information content (AvgIpc) is 2.61. The Labute approximate surface area is 147 Å². The Morgan fingerprint density at radius 1 is 1.20 bits per heavy atom. The number of hydrogen-bond donors (Lipinski definition) is 1. The van der Waals surface area contributed by atoms with Crippen molar-refractivity contribution in [1.82, 2.24) is 0 Å². The number of carbonyl (C=O) groups is 2. The summed E-state index contributed by atoms with van der Waals surface area (Å²) in [5.41, 5.74) is 2.67. The molecule has 0 aromatic heterocycles. The predicted molar refractivity (Wildman–Crippen MR) is 98.1 cm³/mol. The van der Waals surface area contributed by atoms with Crippen molar-refractivity contribution < 1.29 is 14.3 Å². The van der Waals surface area contributed by atoms with Gasteiger partial charge in [-0.15, -0.1) is 0 Å². The van der Waals surface area contributed by atoms with Gasteiger partial charge >= 0.3 is 0 Å². The van der Waals surface area contributed by atoms with Crippen LogP contribution in [0.15, 0.2) is 48.5 Å². The molecule has 0 saturated carbocycles. The second-order valence-corrected chi connectivity index (χ2v) is 6.38. The van der Waals surface area contributed by atoms with E-state index in [0.29, 0.717) is 23.9 Å². The Bertz CT molecular complexity index is 786. The third kappa shape index (κ3) is 3.99. The van der Waals surface area contributed by atoms with E-state index in [1.54, 1.807) is 4.90 Å². The van der Waals surface area contributed by atoms with E-state index in [9.17, 15) is 9.59 Å². The van der Waals surface area contributed by atoms with E-state index in [4.69, 9.17) is 4.74 Å². The molecule has 25 heavy (non-hydrogen) atoms. The lowest BCUT2D eigenvalue weighted by atomic mass is 10.0. The summed E-state index contributed by atoms with van der Waals surface area (Å²) >= 11 is 0. The maximum Gasteiger partial charge on any atom is 0.265 e. The molecule has 0 saturated heterocycles. The highest BCUT2D eigenvalue weighted by Crippen LogP contribution is 2.31. The van der Waals surface area contributed by atoms with Crippen molar-refractivity contribution in [1.29, 1.82) is 0 Å². The summed E-state index contributed by atoms with van der Waals surface area (Å²) in [5, 5.41) is 2.91. The number of nitrogens with zero attached hydrogens (tertiary/aromatic N) is 1. The molecule has 2 aromatic carbocycles. The van der Waals surface area contributed by atoms with Crippen LogP contribution in [0.5, 0.6) is 5.75 Å². The summed E-state index contributed by atoms with van der Waals surface area (Å²) in [4.78, 5) is 26.0. The maximum absolute atomic E-state index is 12.3. The minimum Gasteiger partial charge on any atom is -0.482 e. The van der Waals surface area contributed by atoms with Gasteiger partial charge < -0.3 is 15.0 Å².